The van der Waals surface area contributed by atoms with E-state index in [1.165, 1.54) is 16.4 Å². The van der Waals surface area contributed by atoms with Crippen LogP contribution in [0.15, 0.2) is 29.2 Å². The van der Waals surface area contributed by atoms with E-state index < -0.39 is 21.8 Å². The average molecular weight is 339 g/mol. The van der Waals surface area contributed by atoms with Crippen molar-refractivity contribution in [1.82, 2.24) is 14.5 Å². The number of H-pyrrole nitrogens is 1. The van der Waals surface area contributed by atoms with Crippen molar-refractivity contribution in [2.75, 3.05) is 6.61 Å². The van der Waals surface area contributed by atoms with Crippen LogP contribution in [-0.2, 0) is 27.8 Å². The summed E-state index contributed by atoms with van der Waals surface area (Å²) < 4.78 is 44.2. The number of ether oxygens (including phenoxy) is 1. The molecule has 0 atom stereocenters. The Hall–Kier alpha value is -2.26. The molecule has 7 nitrogen and oxygen atoms in total. The molecular weight excluding hydrogens is 325 g/mol. The summed E-state index contributed by atoms with van der Waals surface area (Å²) in [6.07, 6.45) is 0. The van der Waals surface area contributed by atoms with Crippen molar-refractivity contribution in [3.63, 3.8) is 0 Å². The van der Waals surface area contributed by atoms with Gasteiger partial charge >= 0.3 is 5.97 Å². The van der Waals surface area contributed by atoms with Gasteiger partial charge in [-0.15, -0.1) is 0 Å². The molecular formula is C14H14FN3O4S. The zero-order chi connectivity index (χ0) is 16.6. The van der Waals surface area contributed by atoms with Crippen LogP contribution in [0.4, 0.5) is 4.39 Å². The number of benzene rings is 1. The maximum Gasteiger partial charge on any atom is 0.359 e. The first-order chi connectivity index (χ1) is 10.9. The van der Waals surface area contributed by atoms with Gasteiger partial charge in [0.1, 0.15) is 5.82 Å². The predicted molar refractivity (Wildman–Crippen MR) is 77.4 cm³/mol. The van der Waals surface area contributed by atoms with Crippen LogP contribution in [0.3, 0.4) is 0 Å². The summed E-state index contributed by atoms with van der Waals surface area (Å²) in [5.74, 6) is -1.10. The number of sulfonamides is 1. The average Bonchev–Trinajstić information content (AvgIpc) is 3.08. The van der Waals surface area contributed by atoms with Crippen molar-refractivity contribution in [2.24, 2.45) is 0 Å². The summed E-state index contributed by atoms with van der Waals surface area (Å²) in [6.45, 7) is 1.97. The summed E-state index contributed by atoms with van der Waals surface area (Å²) in [5.41, 5.74) is 1.16. The van der Waals surface area contributed by atoms with Gasteiger partial charge in [-0.05, 0) is 31.2 Å². The van der Waals surface area contributed by atoms with E-state index in [1.54, 1.807) is 6.92 Å². The molecule has 9 heteroatoms. The van der Waals surface area contributed by atoms with E-state index in [0.29, 0.717) is 11.3 Å². The molecule has 1 aromatic heterocycles. The normalized spacial score (nSPS) is 14.7. The van der Waals surface area contributed by atoms with E-state index >= 15 is 0 Å². The number of hydrogen-bond donors (Lipinski definition) is 1. The Labute approximate surface area is 132 Å². The fraction of sp³-hybridized carbons (Fsp3) is 0.286. The van der Waals surface area contributed by atoms with E-state index in [9.17, 15) is 17.6 Å². The molecule has 0 spiro atoms. The lowest BCUT2D eigenvalue weighted by Crippen LogP contribution is -2.26. The summed E-state index contributed by atoms with van der Waals surface area (Å²) >= 11 is 0. The minimum Gasteiger partial charge on any atom is -0.461 e. The quantitative estimate of drug-likeness (QED) is 0.851. The second-order valence-electron chi connectivity index (χ2n) is 4.98. The van der Waals surface area contributed by atoms with Crippen molar-refractivity contribution in [3.8, 4) is 0 Å². The third-order valence-corrected chi connectivity index (χ3v) is 5.35. The molecule has 0 unspecified atom stereocenters. The molecule has 3 rings (SSSR count). The minimum atomic E-state index is -3.78. The number of aromatic nitrogens is 2. The Morgan fingerprint density at radius 2 is 2.04 bits per heavy atom. The number of nitrogens with zero attached hydrogens (tertiary/aromatic N) is 2. The molecule has 1 aromatic carbocycles. The highest BCUT2D eigenvalue weighted by Gasteiger charge is 2.35. The predicted octanol–water partition coefficient (Wildman–Crippen LogP) is 1.43. The van der Waals surface area contributed by atoms with Crippen LogP contribution in [-0.4, -0.2) is 35.5 Å². The summed E-state index contributed by atoms with van der Waals surface area (Å²) in [5, 5.41) is 6.56. The summed E-state index contributed by atoms with van der Waals surface area (Å²) in [7, 11) is -3.78. The fourth-order valence-electron chi connectivity index (χ4n) is 2.40. The van der Waals surface area contributed by atoms with Crippen LogP contribution >= 0.6 is 0 Å². The molecule has 0 bridgehead atoms. The molecule has 0 aliphatic carbocycles. The molecule has 2 aromatic rings. The second-order valence-corrected chi connectivity index (χ2v) is 6.91. The Morgan fingerprint density at radius 1 is 1.35 bits per heavy atom. The highest BCUT2D eigenvalue weighted by atomic mass is 32.2. The number of hydrogen-bond acceptors (Lipinski definition) is 5. The molecule has 122 valence electrons. The number of esters is 1. The van der Waals surface area contributed by atoms with Gasteiger partial charge in [0, 0.05) is 12.1 Å². The maximum absolute atomic E-state index is 13.0. The number of carbonyl (C=O) groups is 1. The lowest BCUT2D eigenvalue weighted by molar-refractivity contribution is 0.0517. The van der Waals surface area contributed by atoms with Gasteiger partial charge in [-0.25, -0.2) is 17.6 Å². The lowest BCUT2D eigenvalue weighted by Gasteiger charge is -2.15. The molecule has 1 aliphatic heterocycles. The number of halogens is 1. The van der Waals surface area contributed by atoms with Crippen molar-refractivity contribution in [1.29, 1.82) is 0 Å². The first-order valence-corrected chi connectivity index (χ1v) is 8.36. The van der Waals surface area contributed by atoms with Crippen LogP contribution in [0.5, 0.6) is 0 Å². The van der Waals surface area contributed by atoms with Crippen LogP contribution in [0, 0.1) is 5.82 Å². The van der Waals surface area contributed by atoms with Crippen LogP contribution in [0.1, 0.15) is 28.7 Å². The SMILES string of the molecule is CCOC(=O)c1n[nH]c2c1CN(S(=O)(=O)c1ccc(F)cc1)C2. The fourth-order valence-corrected chi connectivity index (χ4v) is 3.78. The zero-order valence-electron chi connectivity index (χ0n) is 12.2. The van der Waals surface area contributed by atoms with Gasteiger partial charge < -0.3 is 4.74 Å². The third-order valence-electron chi connectivity index (χ3n) is 3.54. The Bertz CT molecular complexity index is 845. The Morgan fingerprint density at radius 3 is 2.70 bits per heavy atom. The van der Waals surface area contributed by atoms with Crippen LogP contribution < -0.4 is 0 Å². The van der Waals surface area contributed by atoms with Crippen LogP contribution in [0.25, 0.3) is 0 Å². The van der Waals surface area contributed by atoms with Gasteiger partial charge in [0.2, 0.25) is 10.0 Å². The first kappa shape index (κ1) is 15.6. The molecule has 0 fully saturated rings. The van der Waals surface area contributed by atoms with Gasteiger partial charge in [0.25, 0.3) is 0 Å². The van der Waals surface area contributed by atoms with Crippen molar-refractivity contribution >= 4 is 16.0 Å². The van der Waals surface area contributed by atoms with Crippen molar-refractivity contribution in [3.05, 3.63) is 47.0 Å². The van der Waals surface area contributed by atoms with E-state index in [1.807, 2.05) is 0 Å². The zero-order valence-corrected chi connectivity index (χ0v) is 13.1. The van der Waals surface area contributed by atoms with E-state index in [-0.39, 0.29) is 30.3 Å². The maximum atomic E-state index is 13.0. The summed E-state index contributed by atoms with van der Waals surface area (Å²) in [6, 6.07) is 4.60. The lowest BCUT2D eigenvalue weighted by atomic mass is 10.2. The molecule has 1 aliphatic rings. The van der Waals surface area contributed by atoms with Gasteiger partial charge in [0.05, 0.1) is 23.7 Å². The second kappa shape index (κ2) is 5.74. The monoisotopic (exact) mass is 339 g/mol. The van der Waals surface area contributed by atoms with E-state index in [4.69, 9.17) is 4.74 Å². The van der Waals surface area contributed by atoms with Gasteiger partial charge in [0.15, 0.2) is 5.69 Å². The number of carbonyl (C=O) groups excluding carboxylic acids is 1. The number of aromatic amines is 1. The number of nitrogens with one attached hydrogen (secondary N) is 1. The third kappa shape index (κ3) is 2.73. The Balaban J connectivity index is 1.87. The first-order valence-electron chi connectivity index (χ1n) is 6.92. The highest BCUT2D eigenvalue weighted by molar-refractivity contribution is 7.89. The van der Waals surface area contributed by atoms with Crippen LogP contribution in [0.2, 0.25) is 0 Å². The topological polar surface area (TPSA) is 92.4 Å². The number of fused-ring (bicyclic) bond motifs is 1. The minimum absolute atomic E-state index is 0.00491. The molecule has 0 saturated heterocycles. The van der Waals surface area contributed by atoms with Gasteiger partial charge in [-0.2, -0.15) is 9.40 Å². The molecule has 2 heterocycles. The smallest absolute Gasteiger partial charge is 0.359 e. The Kier molecular flexibility index (Phi) is 3.90. The van der Waals surface area contributed by atoms with Crippen molar-refractivity contribution in [2.45, 2.75) is 24.9 Å². The standard InChI is InChI=1S/C14H14FN3O4S/c1-2-22-14(19)13-11-7-18(8-12(11)16-17-13)23(20,21)10-5-3-9(15)4-6-10/h3-6H,2,7-8H2,1H3,(H,16,17). The molecule has 1 N–H and O–H groups in total. The number of rotatable bonds is 4. The highest BCUT2D eigenvalue weighted by Crippen LogP contribution is 2.29. The molecule has 23 heavy (non-hydrogen) atoms. The molecule has 0 amide bonds. The molecule has 0 saturated carbocycles. The molecule has 0 radical (unpaired) electrons. The van der Waals surface area contributed by atoms with Crippen molar-refractivity contribution < 1.29 is 22.3 Å². The largest absolute Gasteiger partial charge is 0.461 e. The summed E-state index contributed by atoms with van der Waals surface area (Å²) in [4.78, 5) is 11.8. The van der Waals surface area contributed by atoms with Gasteiger partial charge in [-0.1, -0.05) is 0 Å². The van der Waals surface area contributed by atoms with E-state index in [0.717, 1.165) is 12.1 Å². The van der Waals surface area contributed by atoms with E-state index in [2.05, 4.69) is 10.2 Å². The van der Waals surface area contributed by atoms with Gasteiger partial charge in [-0.3, -0.25) is 5.10 Å².